The van der Waals surface area contributed by atoms with E-state index in [1.807, 2.05) is 13.8 Å². The highest BCUT2D eigenvalue weighted by Crippen LogP contribution is 2.53. The molecule has 0 atom stereocenters. The summed E-state index contributed by atoms with van der Waals surface area (Å²) in [4.78, 5) is 0. The van der Waals surface area contributed by atoms with Gasteiger partial charge >= 0.3 is 0 Å². The quantitative estimate of drug-likeness (QED) is 0.714. The summed E-state index contributed by atoms with van der Waals surface area (Å²) in [5.41, 5.74) is -0.501. The Morgan fingerprint density at radius 1 is 1.18 bits per heavy atom. The van der Waals surface area contributed by atoms with Gasteiger partial charge in [-0.15, -0.1) is 11.6 Å². The molecule has 2 rings (SSSR count). The highest BCUT2D eigenvalue weighted by Gasteiger charge is 2.52. The molecule has 0 radical (unpaired) electrons. The first-order valence-corrected chi connectivity index (χ1v) is 6.78. The van der Waals surface area contributed by atoms with Gasteiger partial charge in [-0.1, -0.05) is 0 Å². The van der Waals surface area contributed by atoms with Crippen LogP contribution < -0.4 is 0 Å². The van der Waals surface area contributed by atoms with Gasteiger partial charge < -0.3 is 9.47 Å². The van der Waals surface area contributed by atoms with Crippen molar-refractivity contribution in [2.45, 2.75) is 45.3 Å². The molecule has 1 spiro atoms. The third-order valence-corrected chi connectivity index (χ3v) is 5.16. The molecule has 3 nitrogen and oxygen atoms in total. The fraction of sp³-hybridized carbons (Fsp3) is 0.923. The number of hydrogen-bond donors (Lipinski definition) is 0. The molecule has 1 heterocycles. The highest BCUT2D eigenvalue weighted by atomic mass is 35.5. The van der Waals surface area contributed by atoms with E-state index < -0.39 is 5.41 Å². The molecule has 4 heteroatoms. The van der Waals surface area contributed by atoms with Gasteiger partial charge in [-0.2, -0.15) is 5.26 Å². The maximum atomic E-state index is 9.33. The first-order valence-electron chi connectivity index (χ1n) is 6.24. The minimum Gasteiger partial charge on any atom is -0.348 e. The highest BCUT2D eigenvalue weighted by molar-refractivity contribution is 6.18. The minimum atomic E-state index is -0.394. The third kappa shape index (κ3) is 2.07. The predicted molar refractivity (Wildman–Crippen MR) is 65.7 cm³/mol. The average Bonchev–Trinajstić information content (AvgIpc) is 2.79. The first-order chi connectivity index (χ1) is 7.99. The molecule has 0 unspecified atom stereocenters. The Bertz CT molecular complexity index is 319. The van der Waals surface area contributed by atoms with Gasteiger partial charge in [0, 0.05) is 24.1 Å². The van der Waals surface area contributed by atoms with Crippen LogP contribution in [0.15, 0.2) is 0 Å². The Labute approximate surface area is 108 Å². The summed E-state index contributed by atoms with van der Waals surface area (Å²) in [6.45, 7) is 5.36. The Balaban J connectivity index is 2.12. The van der Waals surface area contributed by atoms with Crippen molar-refractivity contribution in [3.8, 4) is 6.07 Å². The average molecular weight is 258 g/mol. The largest absolute Gasteiger partial charge is 0.348 e. The van der Waals surface area contributed by atoms with Crippen molar-refractivity contribution < 1.29 is 9.47 Å². The molecule has 2 aliphatic rings. The lowest BCUT2D eigenvalue weighted by Gasteiger charge is -2.48. The number of rotatable bonds is 2. The number of nitriles is 1. The number of ether oxygens (including phenoxy) is 2. The van der Waals surface area contributed by atoms with Gasteiger partial charge in [-0.3, -0.25) is 0 Å². The van der Waals surface area contributed by atoms with E-state index in [-0.39, 0.29) is 11.2 Å². The lowest BCUT2D eigenvalue weighted by molar-refractivity contribution is -0.196. The Hall–Kier alpha value is -0.300. The number of halogens is 1. The molecule has 0 aromatic carbocycles. The number of nitrogens with zero attached hydrogens (tertiary/aromatic N) is 1. The fourth-order valence-corrected chi connectivity index (χ4v) is 3.54. The van der Waals surface area contributed by atoms with E-state index in [9.17, 15) is 5.26 Å². The van der Waals surface area contributed by atoms with Crippen LogP contribution in [0.25, 0.3) is 0 Å². The van der Waals surface area contributed by atoms with Gasteiger partial charge in [0.25, 0.3) is 0 Å². The normalized spacial score (nSPS) is 26.9. The van der Waals surface area contributed by atoms with E-state index in [1.54, 1.807) is 0 Å². The summed E-state index contributed by atoms with van der Waals surface area (Å²) in [6.07, 6.45) is 3.50. The lowest BCUT2D eigenvalue weighted by atomic mass is 9.59. The number of hydrogen-bond acceptors (Lipinski definition) is 3. The van der Waals surface area contributed by atoms with Crippen molar-refractivity contribution in [1.29, 1.82) is 5.26 Å². The van der Waals surface area contributed by atoms with E-state index in [2.05, 4.69) is 6.07 Å². The summed E-state index contributed by atoms with van der Waals surface area (Å²) in [7, 11) is 0. The van der Waals surface area contributed by atoms with E-state index >= 15 is 0 Å². The van der Waals surface area contributed by atoms with Crippen LogP contribution in [0.2, 0.25) is 0 Å². The van der Waals surface area contributed by atoms with Crippen molar-refractivity contribution in [1.82, 2.24) is 0 Å². The first kappa shape index (κ1) is 13.1. The van der Waals surface area contributed by atoms with Crippen molar-refractivity contribution in [3.05, 3.63) is 0 Å². The van der Waals surface area contributed by atoms with E-state index in [0.29, 0.717) is 19.1 Å². The van der Waals surface area contributed by atoms with E-state index in [4.69, 9.17) is 21.1 Å². The molecule has 0 aromatic rings. The summed E-state index contributed by atoms with van der Waals surface area (Å²) < 4.78 is 11.4. The molecule has 1 saturated carbocycles. The smallest absolute Gasteiger partial charge is 0.168 e. The van der Waals surface area contributed by atoms with Crippen LogP contribution in [0.5, 0.6) is 0 Å². The molecule has 2 fully saturated rings. The van der Waals surface area contributed by atoms with Crippen molar-refractivity contribution in [2.24, 2.45) is 10.8 Å². The van der Waals surface area contributed by atoms with Gasteiger partial charge in [0.1, 0.15) is 0 Å². The molecular weight excluding hydrogens is 238 g/mol. The lowest BCUT2D eigenvalue weighted by Crippen LogP contribution is -2.47. The summed E-state index contributed by atoms with van der Waals surface area (Å²) in [5, 5.41) is 9.33. The molecular formula is C13H20ClNO2. The van der Waals surface area contributed by atoms with Gasteiger partial charge in [-0.25, -0.2) is 0 Å². The Morgan fingerprint density at radius 3 is 2.12 bits per heavy atom. The molecule has 1 saturated heterocycles. The van der Waals surface area contributed by atoms with Crippen LogP contribution in [0.3, 0.4) is 0 Å². The summed E-state index contributed by atoms with van der Waals surface area (Å²) in [5.74, 6) is 0.157. The van der Waals surface area contributed by atoms with Crippen molar-refractivity contribution in [3.63, 3.8) is 0 Å². The van der Waals surface area contributed by atoms with Crippen molar-refractivity contribution in [2.75, 3.05) is 19.1 Å². The second-order valence-electron chi connectivity index (χ2n) is 5.76. The van der Waals surface area contributed by atoms with Crippen molar-refractivity contribution >= 4 is 11.6 Å². The van der Waals surface area contributed by atoms with Crippen LogP contribution in [0.4, 0.5) is 0 Å². The van der Waals surface area contributed by atoms with Crippen LogP contribution in [-0.2, 0) is 9.47 Å². The van der Waals surface area contributed by atoms with Gasteiger partial charge in [-0.05, 0) is 26.7 Å². The van der Waals surface area contributed by atoms with E-state index in [0.717, 1.165) is 25.7 Å². The maximum Gasteiger partial charge on any atom is 0.168 e. The zero-order chi connectivity index (χ0) is 12.6. The second kappa shape index (κ2) is 4.42. The Morgan fingerprint density at radius 2 is 1.71 bits per heavy atom. The molecule has 17 heavy (non-hydrogen) atoms. The topological polar surface area (TPSA) is 42.2 Å². The molecule has 0 N–H and O–H groups in total. The zero-order valence-corrected chi connectivity index (χ0v) is 11.3. The predicted octanol–water partition coefficient (Wildman–Crippen LogP) is 3.08. The standard InChI is InChI=1S/C13H20ClNO2/c1-11(2,10-15)12(9-14)3-5-13(6-4-12)16-7-8-17-13/h3-9H2,1-2H3. The molecule has 0 amide bonds. The maximum absolute atomic E-state index is 9.33. The van der Waals surface area contributed by atoms with Crippen LogP contribution in [0.1, 0.15) is 39.5 Å². The van der Waals surface area contributed by atoms with Gasteiger partial charge in [0.2, 0.25) is 0 Å². The molecule has 1 aliphatic heterocycles. The fourth-order valence-electron chi connectivity index (χ4n) is 2.94. The molecule has 96 valence electrons. The zero-order valence-electron chi connectivity index (χ0n) is 10.6. The Kier molecular flexibility index (Phi) is 3.42. The monoisotopic (exact) mass is 257 g/mol. The minimum absolute atomic E-state index is 0.107. The molecule has 0 aromatic heterocycles. The molecule has 1 aliphatic carbocycles. The summed E-state index contributed by atoms with van der Waals surface area (Å²) in [6, 6.07) is 2.42. The van der Waals surface area contributed by atoms with Gasteiger partial charge in [0.15, 0.2) is 5.79 Å². The second-order valence-corrected chi connectivity index (χ2v) is 6.03. The molecule has 0 bridgehead atoms. The van der Waals surface area contributed by atoms with Crippen LogP contribution in [-0.4, -0.2) is 24.9 Å². The van der Waals surface area contributed by atoms with Crippen LogP contribution in [0, 0.1) is 22.2 Å². The van der Waals surface area contributed by atoms with Gasteiger partial charge in [0.05, 0.1) is 24.7 Å². The summed E-state index contributed by atoms with van der Waals surface area (Å²) >= 11 is 6.16. The number of alkyl halides is 1. The van der Waals surface area contributed by atoms with Crippen LogP contribution >= 0.6 is 11.6 Å². The SMILES string of the molecule is CC(C)(C#N)C1(CCl)CCC2(CC1)OCCO2. The third-order valence-electron chi connectivity index (χ3n) is 4.64. The van der Waals surface area contributed by atoms with E-state index in [1.165, 1.54) is 0 Å².